The molecule has 112 valence electrons. The Morgan fingerprint density at radius 3 is 2.65 bits per heavy atom. The second-order valence-corrected chi connectivity index (χ2v) is 4.93. The van der Waals surface area contributed by atoms with E-state index < -0.39 is 0 Å². The van der Waals surface area contributed by atoms with Crippen LogP contribution in [0.15, 0.2) is 18.2 Å². The summed E-state index contributed by atoms with van der Waals surface area (Å²) in [5.74, 6) is -0.581. The number of carbonyl (C=O) groups is 1. The number of hydrogen-bond donors (Lipinski definition) is 1. The summed E-state index contributed by atoms with van der Waals surface area (Å²) < 4.78 is 18.9. The van der Waals surface area contributed by atoms with Gasteiger partial charge in [0.05, 0.1) is 13.2 Å². The normalized spacial score (nSPS) is 11.2. The second kappa shape index (κ2) is 7.97. The lowest BCUT2D eigenvalue weighted by Crippen LogP contribution is -2.36. The molecule has 0 aliphatic rings. The highest BCUT2D eigenvalue weighted by Crippen LogP contribution is 2.14. The predicted molar refractivity (Wildman–Crippen MR) is 76.5 cm³/mol. The van der Waals surface area contributed by atoms with Crippen LogP contribution in [0.2, 0.25) is 0 Å². The summed E-state index contributed by atoms with van der Waals surface area (Å²) in [6.45, 7) is 6.88. The first-order chi connectivity index (χ1) is 9.47. The van der Waals surface area contributed by atoms with E-state index in [4.69, 9.17) is 10.5 Å². The smallest absolute Gasteiger partial charge is 0.320 e. The lowest BCUT2D eigenvalue weighted by atomic mass is 10.1. The van der Waals surface area contributed by atoms with Crippen LogP contribution >= 0.6 is 0 Å². The van der Waals surface area contributed by atoms with E-state index in [0.717, 1.165) is 5.56 Å². The van der Waals surface area contributed by atoms with E-state index >= 15 is 0 Å². The van der Waals surface area contributed by atoms with Crippen LogP contribution in [0.25, 0.3) is 0 Å². The number of ether oxygens (including phenoxy) is 1. The first-order valence-electron chi connectivity index (χ1n) is 6.85. The molecule has 5 heteroatoms. The maximum absolute atomic E-state index is 13.9. The molecule has 0 aromatic heterocycles. The molecule has 1 rings (SSSR count). The van der Waals surface area contributed by atoms with Crippen molar-refractivity contribution in [1.29, 1.82) is 0 Å². The molecule has 0 heterocycles. The van der Waals surface area contributed by atoms with Gasteiger partial charge < -0.3 is 10.5 Å². The molecule has 0 bridgehead atoms. The first kappa shape index (κ1) is 16.6. The maximum atomic E-state index is 13.9. The van der Waals surface area contributed by atoms with Crippen LogP contribution in [0, 0.1) is 5.82 Å². The topological polar surface area (TPSA) is 55.6 Å². The van der Waals surface area contributed by atoms with Crippen molar-refractivity contribution in [1.82, 2.24) is 4.90 Å². The Balaban J connectivity index is 2.77. The zero-order chi connectivity index (χ0) is 15.1. The van der Waals surface area contributed by atoms with Crippen molar-refractivity contribution in [3.05, 3.63) is 35.1 Å². The summed E-state index contributed by atoms with van der Waals surface area (Å²) in [6, 6.07) is 5.09. The molecule has 0 unspecified atom stereocenters. The summed E-state index contributed by atoms with van der Waals surface area (Å²) in [5.41, 5.74) is 6.79. The Kier molecular flexibility index (Phi) is 6.61. The summed E-state index contributed by atoms with van der Waals surface area (Å²) in [5, 5.41) is 0. The van der Waals surface area contributed by atoms with Crippen LogP contribution in [-0.4, -0.2) is 30.1 Å². The molecule has 0 saturated heterocycles. The van der Waals surface area contributed by atoms with E-state index in [1.165, 1.54) is 6.07 Å². The molecule has 0 spiro atoms. The Bertz CT molecular complexity index is 449. The van der Waals surface area contributed by atoms with Crippen LogP contribution in [0.5, 0.6) is 0 Å². The van der Waals surface area contributed by atoms with Gasteiger partial charge in [0.25, 0.3) is 0 Å². The molecule has 0 radical (unpaired) electrons. The average molecular weight is 282 g/mol. The molecule has 0 saturated carbocycles. The number of hydrogen-bond acceptors (Lipinski definition) is 4. The number of nitrogens with two attached hydrogens (primary N) is 1. The lowest BCUT2D eigenvalue weighted by Gasteiger charge is -2.25. The highest BCUT2D eigenvalue weighted by atomic mass is 19.1. The predicted octanol–water partition coefficient (Wildman–Crippen LogP) is 2.06. The van der Waals surface area contributed by atoms with Crippen molar-refractivity contribution in [2.45, 2.75) is 39.9 Å². The van der Waals surface area contributed by atoms with Crippen LogP contribution in [-0.2, 0) is 22.6 Å². The number of halogens is 1. The van der Waals surface area contributed by atoms with Gasteiger partial charge >= 0.3 is 5.97 Å². The molecule has 0 aliphatic carbocycles. The molecule has 20 heavy (non-hydrogen) atoms. The molecule has 0 atom stereocenters. The van der Waals surface area contributed by atoms with Crippen molar-refractivity contribution in [3.63, 3.8) is 0 Å². The standard InChI is InChI=1S/C15H23FN2O2/c1-4-20-15(19)10-18(11(2)3)9-13-6-5-12(8-17)7-14(13)16/h5-7,11H,4,8-10,17H2,1-3H3. The van der Waals surface area contributed by atoms with Gasteiger partial charge in [-0.15, -0.1) is 0 Å². The summed E-state index contributed by atoms with van der Waals surface area (Å²) in [6.07, 6.45) is 0. The average Bonchev–Trinajstić information content (AvgIpc) is 2.40. The molecule has 1 aromatic rings. The Hall–Kier alpha value is -1.46. The van der Waals surface area contributed by atoms with E-state index in [0.29, 0.717) is 25.3 Å². The minimum Gasteiger partial charge on any atom is -0.465 e. The fourth-order valence-corrected chi connectivity index (χ4v) is 1.86. The van der Waals surface area contributed by atoms with E-state index in [1.807, 2.05) is 18.7 Å². The van der Waals surface area contributed by atoms with Gasteiger partial charge in [0.1, 0.15) is 5.82 Å². The van der Waals surface area contributed by atoms with Gasteiger partial charge in [0.2, 0.25) is 0 Å². The van der Waals surface area contributed by atoms with Gasteiger partial charge in [0, 0.05) is 24.7 Å². The lowest BCUT2D eigenvalue weighted by molar-refractivity contribution is -0.145. The SMILES string of the molecule is CCOC(=O)CN(Cc1ccc(CN)cc1F)C(C)C. The third-order valence-corrected chi connectivity index (χ3v) is 3.09. The van der Waals surface area contributed by atoms with Crippen molar-refractivity contribution >= 4 is 5.97 Å². The summed E-state index contributed by atoms with van der Waals surface area (Å²) in [7, 11) is 0. The Morgan fingerprint density at radius 2 is 2.15 bits per heavy atom. The van der Waals surface area contributed by atoms with Crippen LogP contribution < -0.4 is 5.73 Å². The number of rotatable bonds is 7. The van der Waals surface area contributed by atoms with E-state index in [-0.39, 0.29) is 24.4 Å². The highest BCUT2D eigenvalue weighted by molar-refractivity contribution is 5.71. The third-order valence-electron chi connectivity index (χ3n) is 3.09. The molecule has 1 aromatic carbocycles. The fourth-order valence-electron chi connectivity index (χ4n) is 1.86. The molecular weight excluding hydrogens is 259 g/mol. The van der Waals surface area contributed by atoms with Crippen LogP contribution in [0.4, 0.5) is 4.39 Å². The van der Waals surface area contributed by atoms with Gasteiger partial charge in [-0.3, -0.25) is 9.69 Å². The van der Waals surface area contributed by atoms with Crippen molar-refractivity contribution in [2.75, 3.05) is 13.2 Å². The molecule has 0 fully saturated rings. The van der Waals surface area contributed by atoms with Gasteiger partial charge in [-0.2, -0.15) is 0 Å². The first-order valence-corrected chi connectivity index (χ1v) is 6.85. The molecular formula is C15H23FN2O2. The van der Waals surface area contributed by atoms with Gasteiger partial charge in [-0.25, -0.2) is 4.39 Å². The zero-order valence-electron chi connectivity index (χ0n) is 12.4. The monoisotopic (exact) mass is 282 g/mol. The third kappa shape index (κ3) is 4.90. The van der Waals surface area contributed by atoms with Crippen LogP contribution in [0.1, 0.15) is 31.9 Å². The molecule has 4 nitrogen and oxygen atoms in total. The zero-order valence-corrected chi connectivity index (χ0v) is 12.4. The van der Waals surface area contributed by atoms with Crippen molar-refractivity contribution in [2.24, 2.45) is 5.73 Å². The Morgan fingerprint density at radius 1 is 1.45 bits per heavy atom. The number of benzene rings is 1. The van der Waals surface area contributed by atoms with Crippen molar-refractivity contribution in [3.8, 4) is 0 Å². The molecule has 0 amide bonds. The molecule has 2 N–H and O–H groups in total. The fraction of sp³-hybridized carbons (Fsp3) is 0.533. The minimum atomic E-state index is -0.291. The number of carbonyl (C=O) groups excluding carboxylic acids is 1. The minimum absolute atomic E-state index is 0.119. The quantitative estimate of drug-likeness (QED) is 0.778. The van der Waals surface area contributed by atoms with Crippen LogP contribution in [0.3, 0.4) is 0 Å². The number of esters is 1. The van der Waals surface area contributed by atoms with Gasteiger partial charge in [-0.1, -0.05) is 12.1 Å². The summed E-state index contributed by atoms with van der Waals surface area (Å²) in [4.78, 5) is 13.4. The second-order valence-electron chi connectivity index (χ2n) is 4.93. The molecule has 0 aliphatic heterocycles. The van der Waals surface area contributed by atoms with Gasteiger partial charge in [0.15, 0.2) is 0 Å². The van der Waals surface area contributed by atoms with E-state index in [2.05, 4.69) is 0 Å². The maximum Gasteiger partial charge on any atom is 0.320 e. The van der Waals surface area contributed by atoms with E-state index in [1.54, 1.807) is 19.1 Å². The Labute approximate surface area is 119 Å². The highest BCUT2D eigenvalue weighted by Gasteiger charge is 2.17. The number of nitrogens with zero attached hydrogens (tertiary/aromatic N) is 1. The van der Waals surface area contributed by atoms with Crippen molar-refractivity contribution < 1.29 is 13.9 Å². The summed E-state index contributed by atoms with van der Waals surface area (Å²) >= 11 is 0. The van der Waals surface area contributed by atoms with E-state index in [9.17, 15) is 9.18 Å². The van der Waals surface area contributed by atoms with Gasteiger partial charge in [-0.05, 0) is 32.4 Å². The largest absolute Gasteiger partial charge is 0.465 e.